The van der Waals surface area contributed by atoms with Gasteiger partial charge >= 0.3 is 0 Å². The molecular formula is C23H31N5O. The highest BCUT2D eigenvalue weighted by atomic mass is 16.2. The van der Waals surface area contributed by atoms with Crippen molar-refractivity contribution >= 4 is 17.7 Å². The molecule has 2 aliphatic heterocycles. The molecule has 0 N–H and O–H groups in total. The first kappa shape index (κ1) is 19.7. The molecule has 1 saturated heterocycles. The van der Waals surface area contributed by atoms with E-state index in [2.05, 4.69) is 30.7 Å². The van der Waals surface area contributed by atoms with Crippen LogP contribution in [0.1, 0.15) is 54.7 Å². The number of hydrogen-bond acceptors (Lipinski definition) is 5. The molecule has 154 valence electrons. The fourth-order valence-corrected chi connectivity index (χ4v) is 4.09. The largest absolute Gasteiger partial charge is 0.357 e. The number of aromatic nitrogens is 2. The van der Waals surface area contributed by atoms with Crippen LogP contribution in [0.2, 0.25) is 0 Å². The lowest BCUT2D eigenvalue weighted by Gasteiger charge is -2.35. The van der Waals surface area contributed by atoms with Crippen LogP contribution in [0, 0.1) is 0 Å². The van der Waals surface area contributed by atoms with Gasteiger partial charge in [-0.05, 0) is 45.2 Å². The highest BCUT2D eigenvalue weighted by molar-refractivity contribution is 5.94. The molecule has 0 radical (unpaired) electrons. The lowest BCUT2D eigenvalue weighted by Crippen LogP contribution is -2.39. The summed E-state index contributed by atoms with van der Waals surface area (Å²) >= 11 is 0. The molecule has 0 saturated carbocycles. The van der Waals surface area contributed by atoms with Crippen molar-refractivity contribution in [3.63, 3.8) is 0 Å². The lowest BCUT2D eigenvalue weighted by molar-refractivity contribution is 0.0733. The minimum Gasteiger partial charge on any atom is -0.357 e. The summed E-state index contributed by atoms with van der Waals surface area (Å²) in [7, 11) is 2.09. The van der Waals surface area contributed by atoms with Gasteiger partial charge in [0.05, 0.1) is 12.2 Å². The summed E-state index contributed by atoms with van der Waals surface area (Å²) in [5.74, 6) is 1.90. The second-order valence-electron chi connectivity index (χ2n) is 8.37. The van der Waals surface area contributed by atoms with E-state index in [1.54, 1.807) is 0 Å². The standard InChI is InChI=1S/C23H31N5O/c1-17(2)26(3)21-19-16-28(22(29)18-10-6-4-7-11-18)15-12-20(19)24-23(25-21)27-13-8-5-9-14-27/h4,6-7,10-11,17H,5,8-9,12-16H2,1-3H3. The van der Waals surface area contributed by atoms with Crippen molar-refractivity contribution in [1.82, 2.24) is 14.9 Å². The molecule has 6 heteroatoms. The third-order valence-corrected chi connectivity index (χ3v) is 6.08. The third kappa shape index (κ3) is 4.07. The smallest absolute Gasteiger partial charge is 0.254 e. The molecule has 0 atom stereocenters. The number of piperidine rings is 1. The highest BCUT2D eigenvalue weighted by Gasteiger charge is 2.29. The van der Waals surface area contributed by atoms with Gasteiger partial charge < -0.3 is 14.7 Å². The monoisotopic (exact) mass is 393 g/mol. The van der Waals surface area contributed by atoms with Crippen LogP contribution in [-0.4, -0.2) is 53.5 Å². The fraction of sp³-hybridized carbons (Fsp3) is 0.522. The van der Waals surface area contributed by atoms with Gasteiger partial charge in [0.25, 0.3) is 5.91 Å². The molecule has 2 aliphatic rings. The van der Waals surface area contributed by atoms with Gasteiger partial charge in [-0.1, -0.05) is 18.2 Å². The van der Waals surface area contributed by atoms with E-state index in [4.69, 9.17) is 9.97 Å². The zero-order valence-electron chi connectivity index (χ0n) is 17.8. The van der Waals surface area contributed by atoms with Gasteiger partial charge in [0, 0.05) is 50.3 Å². The summed E-state index contributed by atoms with van der Waals surface area (Å²) in [6.45, 7) is 7.66. The van der Waals surface area contributed by atoms with Crippen LogP contribution in [0.4, 0.5) is 11.8 Å². The van der Waals surface area contributed by atoms with E-state index in [0.717, 1.165) is 48.1 Å². The van der Waals surface area contributed by atoms with Gasteiger partial charge in [-0.15, -0.1) is 0 Å². The summed E-state index contributed by atoms with van der Waals surface area (Å²) in [5, 5.41) is 0. The molecule has 0 bridgehead atoms. The van der Waals surface area contributed by atoms with Crippen molar-refractivity contribution in [1.29, 1.82) is 0 Å². The normalized spacial score (nSPS) is 16.7. The third-order valence-electron chi connectivity index (χ3n) is 6.08. The van der Waals surface area contributed by atoms with Gasteiger partial charge in [0.2, 0.25) is 5.95 Å². The summed E-state index contributed by atoms with van der Waals surface area (Å²) in [6.07, 6.45) is 4.47. The zero-order chi connectivity index (χ0) is 20.4. The van der Waals surface area contributed by atoms with Gasteiger partial charge in [-0.3, -0.25) is 4.79 Å². The minimum absolute atomic E-state index is 0.0782. The van der Waals surface area contributed by atoms with Crippen LogP contribution in [0.3, 0.4) is 0 Å². The molecule has 1 aromatic heterocycles. The predicted octanol–water partition coefficient (Wildman–Crippen LogP) is 3.51. The van der Waals surface area contributed by atoms with Crippen LogP contribution in [0.25, 0.3) is 0 Å². The van der Waals surface area contributed by atoms with E-state index < -0.39 is 0 Å². The first-order valence-electron chi connectivity index (χ1n) is 10.8. The Labute approximate surface area is 173 Å². The molecule has 0 unspecified atom stereocenters. The number of carbonyl (C=O) groups is 1. The highest BCUT2D eigenvalue weighted by Crippen LogP contribution is 2.30. The number of fused-ring (bicyclic) bond motifs is 1. The maximum Gasteiger partial charge on any atom is 0.254 e. The summed E-state index contributed by atoms with van der Waals surface area (Å²) in [6, 6.07) is 9.86. The van der Waals surface area contributed by atoms with Crippen molar-refractivity contribution < 1.29 is 4.79 Å². The predicted molar refractivity (Wildman–Crippen MR) is 117 cm³/mol. The molecule has 4 rings (SSSR count). The first-order valence-corrected chi connectivity index (χ1v) is 10.8. The Hall–Kier alpha value is -2.63. The van der Waals surface area contributed by atoms with Gasteiger partial charge in [0.15, 0.2) is 0 Å². The van der Waals surface area contributed by atoms with Crippen molar-refractivity contribution in [2.24, 2.45) is 0 Å². The first-order chi connectivity index (χ1) is 14.0. The van der Waals surface area contributed by atoms with E-state index in [9.17, 15) is 4.79 Å². The molecule has 1 amide bonds. The van der Waals surface area contributed by atoms with E-state index in [1.807, 2.05) is 35.2 Å². The number of anilines is 2. The molecule has 2 aromatic rings. The maximum atomic E-state index is 13.0. The Morgan fingerprint density at radius 1 is 1.03 bits per heavy atom. The molecule has 6 nitrogen and oxygen atoms in total. The Kier molecular flexibility index (Phi) is 5.69. The van der Waals surface area contributed by atoms with Crippen LogP contribution >= 0.6 is 0 Å². The molecular weight excluding hydrogens is 362 g/mol. The zero-order valence-corrected chi connectivity index (χ0v) is 17.8. The molecule has 0 spiro atoms. The SMILES string of the molecule is CC(C)N(C)c1nc(N2CCCCC2)nc2c1CN(C(=O)c1ccccc1)CC2. The number of hydrogen-bond donors (Lipinski definition) is 0. The Morgan fingerprint density at radius 3 is 2.45 bits per heavy atom. The summed E-state index contributed by atoms with van der Waals surface area (Å²) < 4.78 is 0. The Balaban J connectivity index is 1.67. The minimum atomic E-state index is 0.0782. The number of amides is 1. The summed E-state index contributed by atoms with van der Waals surface area (Å²) in [4.78, 5) is 29.4. The van der Waals surface area contributed by atoms with Crippen LogP contribution in [0.15, 0.2) is 30.3 Å². The maximum absolute atomic E-state index is 13.0. The van der Waals surface area contributed by atoms with E-state index in [1.165, 1.54) is 19.3 Å². The van der Waals surface area contributed by atoms with Gasteiger partial charge in [0.1, 0.15) is 5.82 Å². The van der Waals surface area contributed by atoms with E-state index >= 15 is 0 Å². The number of nitrogens with zero attached hydrogens (tertiary/aromatic N) is 5. The molecule has 0 aliphatic carbocycles. The van der Waals surface area contributed by atoms with Crippen molar-refractivity contribution in [3.8, 4) is 0 Å². The van der Waals surface area contributed by atoms with Gasteiger partial charge in [-0.25, -0.2) is 4.98 Å². The second-order valence-corrected chi connectivity index (χ2v) is 8.37. The fourth-order valence-electron chi connectivity index (χ4n) is 4.09. The van der Waals surface area contributed by atoms with Crippen LogP contribution in [0.5, 0.6) is 0 Å². The quantitative estimate of drug-likeness (QED) is 0.796. The Morgan fingerprint density at radius 2 is 1.76 bits per heavy atom. The van der Waals surface area contributed by atoms with E-state index in [-0.39, 0.29) is 5.91 Å². The summed E-state index contributed by atoms with van der Waals surface area (Å²) in [5.41, 5.74) is 2.93. The average Bonchev–Trinajstić information content (AvgIpc) is 2.78. The molecule has 1 aromatic carbocycles. The van der Waals surface area contributed by atoms with Crippen LogP contribution in [-0.2, 0) is 13.0 Å². The number of rotatable bonds is 4. The second kappa shape index (κ2) is 8.39. The molecule has 29 heavy (non-hydrogen) atoms. The topological polar surface area (TPSA) is 52.6 Å². The van der Waals surface area contributed by atoms with Crippen molar-refractivity contribution in [3.05, 3.63) is 47.2 Å². The van der Waals surface area contributed by atoms with Crippen molar-refractivity contribution in [2.45, 2.75) is 52.1 Å². The number of benzene rings is 1. The number of carbonyl (C=O) groups excluding carboxylic acids is 1. The van der Waals surface area contributed by atoms with Crippen LogP contribution < -0.4 is 9.80 Å². The molecule has 1 fully saturated rings. The molecule has 3 heterocycles. The lowest BCUT2D eigenvalue weighted by atomic mass is 10.0. The van der Waals surface area contributed by atoms with Crippen molar-refractivity contribution in [2.75, 3.05) is 36.5 Å². The Bertz CT molecular complexity index is 861. The average molecular weight is 394 g/mol. The van der Waals surface area contributed by atoms with Gasteiger partial charge in [-0.2, -0.15) is 4.98 Å². The van der Waals surface area contributed by atoms with E-state index in [0.29, 0.717) is 19.1 Å².